The van der Waals surface area contributed by atoms with Gasteiger partial charge < -0.3 is 14.4 Å². The van der Waals surface area contributed by atoms with Gasteiger partial charge in [0.15, 0.2) is 17.2 Å². The van der Waals surface area contributed by atoms with Crippen molar-refractivity contribution in [2.45, 2.75) is 25.4 Å². The number of benzene rings is 2. The Morgan fingerprint density at radius 3 is 2.30 bits per heavy atom. The lowest BCUT2D eigenvalue weighted by atomic mass is 9.97. The second-order valence-corrected chi connectivity index (χ2v) is 7.95. The fourth-order valence-corrected chi connectivity index (χ4v) is 4.13. The van der Waals surface area contributed by atoms with Gasteiger partial charge in [-0.15, -0.1) is 0 Å². The second kappa shape index (κ2) is 8.11. The lowest BCUT2D eigenvalue weighted by Gasteiger charge is -2.35. The Labute approximate surface area is 181 Å². The zero-order chi connectivity index (χ0) is 21.3. The first-order valence-corrected chi connectivity index (χ1v) is 10.3. The zero-order valence-corrected chi connectivity index (χ0v) is 18.1. The van der Waals surface area contributed by atoms with E-state index in [1.807, 2.05) is 36.1 Å². The Hall–Kier alpha value is -2.86. The van der Waals surface area contributed by atoms with Crippen LogP contribution in [-0.4, -0.2) is 55.2 Å². The largest absolute Gasteiger partial charge is 0.493 e. The SMILES string of the molecule is COc1ccc(C(=O)N2CCC3(CC2)N=C(C)C(c2ccc(Cl)cc2)=N3)cc1OC. The molecule has 2 aromatic carbocycles. The van der Waals surface area contributed by atoms with Crippen LogP contribution < -0.4 is 9.47 Å². The van der Waals surface area contributed by atoms with Crippen LogP contribution in [0.4, 0.5) is 0 Å². The standard InChI is InChI=1S/C23H24ClN3O3/c1-15-21(16-4-7-18(24)8-5-16)26-23(25-15)10-12-27(13-11-23)22(28)17-6-9-19(29-2)20(14-17)30-3/h4-9,14H,10-13H2,1-3H3. The summed E-state index contributed by atoms with van der Waals surface area (Å²) in [4.78, 5) is 24.7. The normalized spacial score (nSPS) is 17.5. The van der Waals surface area contributed by atoms with E-state index < -0.39 is 5.66 Å². The van der Waals surface area contributed by atoms with Gasteiger partial charge in [0, 0.05) is 42.1 Å². The van der Waals surface area contributed by atoms with Crippen LogP contribution in [0.2, 0.25) is 5.02 Å². The summed E-state index contributed by atoms with van der Waals surface area (Å²) >= 11 is 6.01. The number of carbonyl (C=O) groups is 1. The van der Waals surface area contributed by atoms with E-state index in [0.717, 1.165) is 17.0 Å². The lowest BCUT2D eigenvalue weighted by Crippen LogP contribution is -2.44. The van der Waals surface area contributed by atoms with Gasteiger partial charge in [0.25, 0.3) is 5.91 Å². The molecule has 0 bridgehead atoms. The van der Waals surface area contributed by atoms with Crippen molar-refractivity contribution in [1.29, 1.82) is 0 Å². The molecule has 0 aromatic heterocycles. The molecule has 0 aliphatic carbocycles. The van der Waals surface area contributed by atoms with Crippen molar-refractivity contribution in [3.8, 4) is 11.5 Å². The van der Waals surface area contributed by atoms with E-state index >= 15 is 0 Å². The highest BCUT2D eigenvalue weighted by molar-refractivity contribution is 6.48. The molecule has 7 heteroatoms. The molecule has 2 aliphatic heterocycles. The number of hydrogen-bond acceptors (Lipinski definition) is 5. The van der Waals surface area contributed by atoms with Gasteiger partial charge in [-0.3, -0.25) is 14.8 Å². The molecule has 1 saturated heterocycles. The number of carbonyl (C=O) groups excluding carboxylic acids is 1. The highest BCUT2D eigenvalue weighted by Gasteiger charge is 2.39. The predicted molar refractivity (Wildman–Crippen MR) is 119 cm³/mol. The molecule has 1 spiro atoms. The Kier molecular flexibility index (Phi) is 5.52. The van der Waals surface area contributed by atoms with Crippen molar-refractivity contribution in [3.05, 3.63) is 58.6 Å². The van der Waals surface area contributed by atoms with Crippen molar-refractivity contribution in [2.24, 2.45) is 9.98 Å². The molecule has 4 rings (SSSR count). The molecule has 1 fully saturated rings. The van der Waals surface area contributed by atoms with Crippen LogP contribution in [0, 0.1) is 0 Å². The molecule has 2 aliphatic rings. The third-order valence-electron chi connectivity index (χ3n) is 5.64. The van der Waals surface area contributed by atoms with Crippen LogP contribution in [0.3, 0.4) is 0 Å². The molecule has 30 heavy (non-hydrogen) atoms. The van der Waals surface area contributed by atoms with Crippen molar-refractivity contribution >= 4 is 28.9 Å². The van der Waals surface area contributed by atoms with E-state index in [-0.39, 0.29) is 5.91 Å². The van der Waals surface area contributed by atoms with E-state index in [2.05, 4.69) is 0 Å². The van der Waals surface area contributed by atoms with Crippen LogP contribution >= 0.6 is 11.6 Å². The minimum atomic E-state index is -0.479. The Balaban J connectivity index is 1.48. The number of amides is 1. The number of nitrogens with zero attached hydrogens (tertiary/aromatic N) is 3. The van der Waals surface area contributed by atoms with Gasteiger partial charge in [0.2, 0.25) is 0 Å². The first kappa shape index (κ1) is 20.4. The minimum absolute atomic E-state index is 0.0218. The fraction of sp³-hybridized carbons (Fsp3) is 0.348. The highest BCUT2D eigenvalue weighted by atomic mass is 35.5. The zero-order valence-electron chi connectivity index (χ0n) is 17.3. The molecule has 1 amide bonds. The summed E-state index contributed by atoms with van der Waals surface area (Å²) in [7, 11) is 3.14. The molecule has 0 saturated carbocycles. The maximum absolute atomic E-state index is 13.0. The number of rotatable bonds is 4. The summed E-state index contributed by atoms with van der Waals surface area (Å²) in [6.07, 6.45) is 1.39. The number of ether oxygens (including phenoxy) is 2. The molecule has 2 heterocycles. The monoisotopic (exact) mass is 425 g/mol. The molecule has 156 valence electrons. The highest BCUT2D eigenvalue weighted by Crippen LogP contribution is 2.34. The molecule has 2 aromatic rings. The lowest BCUT2D eigenvalue weighted by molar-refractivity contribution is 0.0678. The second-order valence-electron chi connectivity index (χ2n) is 7.51. The van der Waals surface area contributed by atoms with Crippen molar-refractivity contribution in [2.75, 3.05) is 27.3 Å². The Bertz CT molecular complexity index is 1020. The average molecular weight is 426 g/mol. The summed E-state index contributed by atoms with van der Waals surface area (Å²) in [6, 6.07) is 12.9. The maximum Gasteiger partial charge on any atom is 0.253 e. The summed E-state index contributed by atoms with van der Waals surface area (Å²) in [5.74, 6) is 1.13. The van der Waals surface area contributed by atoms with Gasteiger partial charge in [-0.05, 0) is 37.3 Å². The summed E-state index contributed by atoms with van der Waals surface area (Å²) in [5.41, 5.74) is 2.96. The summed E-state index contributed by atoms with van der Waals surface area (Å²) < 4.78 is 10.6. The molecule has 6 nitrogen and oxygen atoms in total. The topological polar surface area (TPSA) is 63.5 Å². The van der Waals surface area contributed by atoms with Crippen molar-refractivity contribution in [3.63, 3.8) is 0 Å². The van der Waals surface area contributed by atoms with Crippen molar-refractivity contribution < 1.29 is 14.3 Å². The van der Waals surface area contributed by atoms with Gasteiger partial charge in [-0.1, -0.05) is 23.7 Å². The molecule has 0 radical (unpaired) electrons. The van der Waals surface area contributed by atoms with Crippen LogP contribution in [0.5, 0.6) is 11.5 Å². The fourth-order valence-electron chi connectivity index (χ4n) is 4.00. The van der Waals surface area contributed by atoms with Gasteiger partial charge in [0.05, 0.1) is 25.6 Å². The number of likely N-dealkylation sites (tertiary alicyclic amines) is 1. The van der Waals surface area contributed by atoms with Crippen LogP contribution in [0.15, 0.2) is 52.4 Å². The number of aliphatic imine (C=N–C) groups is 2. The van der Waals surface area contributed by atoms with E-state index in [0.29, 0.717) is 48.0 Å². The third kappa shape index (κ3) is 3.79. The van der Waals surface area contributed by atoms with E-state index in [4.69, 9.17) is 31.1 Å². The van der Waals surface area contributed by atoms with Gasteiger partial charge in [-0.2, -0.15) is 0 Å². The van der Waals surface area contributed by atoms with E-state index in [9.17, 15) is 4.79 Å². The number of piperidine rings is 1. The first-order valence-electron chi connectivity index (χ1n) is 9.88. The number of halogens is 1. The summed E-state index contributed by atoms with van der Waals surface area (Å²) in [6.45, 7) is 3.19. The number of hydrogen-bond donors (Lipinski definition) is 0. The molecular weight excluding hydrogens is 402 g/mol. The van der Waals surface area contributed by atoms with Gasteiger partial charge >= 0.3 is 0 Å². The van der Waals surface area contributed by atoms with Crippen LogP contribution in [0.1, 0.15) is 35.7 Å². The molecular formula is C23H24ClN3O3. The predicted octanol–water partition coefficient (Wildman–Crippen LogP) is 4.25. The van der Waals surface area contributed by atoms with E-state index in [1.165, 1.54) is 0 Å². The number of methoxy groups -OCH3 is 2. The first-order chi connectivity index (χ1) is 14.4. The molecule has 0 unspecified atom stereocenters. The van der Waals surface area contributed by atoms with Gasteiger partial charge in [0.1, 0.15) is 0 Å². The quantitative estimate of drug-likeness (QED) is 0.735. The Morgan fingerprint density at radius 1 is 1.00 bits per heavy atom. The summed E-state index contributed by atoms with van der Waals surface area (Å²) in [5, 5.41) is 0.698. The van der Waals surface area contributed by atoms with Crippen LogP contribution in [-0.2, 0) is 0 Å². The smallest absolute Gasteiger partial charge is 0.253 e. The Morgan fingerprint density at radius 2 is 1.67 bits per heavy atom. The van der Waals surface area contributed by atoms with Crippen LogP contribution in [0.25, 0.3) is 0 Å². The van der Waals surface area contributed by atoms with E-state index in [1.54, 1.807) is 32.4 Å². The van der Waals surface area contributed by atoms with Crippen molar-refractivity contribution in [1.82, 2.24) is 4.90 Å². The molecule has 0 atom stereocenters. The molecule has 0 N–H and O–H groups in total. The average Bonchev–Trinajstić information content (AvgIpc) is 3.09. The van der Waals surface area contributed by atoms with Gasteiger partial charge in [-0.25, -0.2) is 0 Å². The minimum Gasteiger partial charge on any atom is -0.493 e. The third-order valence-corrected chi connectivity index (χ3v) is 5.89. The maximum atomic E-state index is 13.0.